The highest BCUT2D eigenvalue weighted by molar-refractivity contribution is 5.82. The summed E-state index contributed by atoms with van der Waals surface area (Å²) in [5, 5.41) is 10.7. The third kappa shape index (κ3) is 4.02. The fourth-order valence-corrected chi connectivity index (χ4v) is 2.28. The number of nitrogens with two attached hydrogens (primary N) is 2. The van der Waals surface area contributed by atoms with Crippen molar-refractivity contribution in [3.8, 4) is 0 Å². The summed E-state index contributed by atoms with van der Waals surface area (Å²) in [5.74, 6) is 0.156. The van der Waals surface area contributed by atoms with Crippen molar-refractivity contribution in [1.82, 2.24) is 5.32 Å². The van der Waals surface area contributed by atoms with E-state index in [1.807, 2.05) is 18.2 Å². The molecule has 0 aromatic heterocycles. The van der Waals surface area contributed by atoms with Crippen LogP contribution < -0.4 is 16.8 Å². The normalized spacial score (nSPS) is 27.1. The third-order valence-corrected chi connectivity index (χ3v) is 3.45. The molecule has 19 heavy (non-hydrogen) atoms. The first-order valence-electron chi connectivity index (χ1n) is 6.68. The molecule has 0 radical (unpaired) electrons. The average Bonchev–Trinajstić information content (AvgIpc) is 2.42. The Kier molecular flexibility index (Phi) is 4.90. The van der Waals surface area contributed by atoms with E-state index >= 15 is 0 Å². The SMILES string of the molecule is N=C(N)C1CCC(N)C(OCCc2ccccc2)N1. The molecule has 0 saturated carbocycles. The summed E-state index contributed by atoms with van der Waals surface area (Å²) in [7, 11) is 0. The smallest absolute Gasteiger partial charge is 0.123 e. The Morgan fingerprint density at radius 1 is 1.32 bits per heavy atom. The zero-order chi connectivity index (χ0) is 13.7. The standard InChI is InChI=1S/C14H22N4O/c15-11-6-7-12(13(16)17)18-14(11)19-9-8-10-4-2-1-3-5-10/h1-5,11-12,14,18H,6-9,15H2,(H3,16,17). The average molecular weight is 262 g/mol. The number of piperidine rings is 1. The molecular formula is C14H22N4O. The number of amidine groups is 1. The van der Waals surface area contributed by atoms with Crippen molar-refractivity contribution in [2.45, 2.75) is 37.6 Å². The van der Waals surface area contributed by atoms with Gasteiger partial charge in [-0.25, -0.2) is 0 Å². The molecule has 1 aliphatic rings. The predicted octanol–water partition coefficient (Wildman–Crippen LogP) is 0.587. The van der Waals surface area contributed by atoms with Gasteiger partial charge in [0.25, 0.3) is 0 Å². The van der Waals surface area contributed by atoms with Gasteiger partial charge >= 0.3 is 0 Å². The van der Waals surface area contributed by atoms with Gasteiger partial charge in [0.1, 0.15) is 12.1 Å². The van der Waals surface area contributed by atoms with E-state index in [2.05, 4.69) is 17.4 Å². The van der Waals surface area contributed by atoms with Gasteiger partial charge in [0.05, 0.1) is 12.6 Å². The minimum atomic E-state index is -0.216. The first kappa shape index (κ1) is 14.0. The van der Waals surface area contributed by atoms with Crippen LogP contribution in [0.25, 0.3) is 0 Å². The molecule has 0 bridgehead atoms. The molecule has 1 saturated heterocycles. The molecule has 0 amide bonds. The molecule has 104 valence electrons. The topological polar surface area (TPSA) is 97.2 Å². The summed E-state index contributed by atoms with van der Waals surface area (Å²) in [6.45, 7) is 0.611. The van der Waals surface area contributed by atoms with Crippen molar-refractivity contribution < 1.29 is 4.74 Å². The van der Waals surface area contributed by atoms with E-state index in [0.29, 0.717) is 6.61 Å². The summed E-state index contributed by atoms with van der Waals surface area (Å²) >= 11 is 0. The highest BCUT2D eigenvalue weighted by Gasteiger charge is 2.29. The summed E-state index contributed by atoms with van der Waals surface area (Å²) in [6.07, 6.45) is 2.27. The minimum Gasteiger partial charge on any atom is -0.386 e. The Labute approximate surface area is 113 Å². The van der Waals surface area contributed by atoms with Gasteiger partial charge in [-0.15, -0.1) is 0 Å². The molecule has 1 aliphatic heterocycles. The van der Waals surface area contributed by atoms with Gasteiger partial charge in [0.2, 0.25) is 0 Å². The monoisotopic (exact) mass is 262 g/mol. The molecule has 5 heteroatoms. The first-order chi connectivity index (χ1) is 9.16. The van der Waals surface area contributed by atoms with Gasteiger partial charge in [0, 0.05) is 6.04 Å². The van der Waals surface area contributed by atoms with Crippen LogP contribution in [0.5, 0.6) is 0 Å². The summed E-state index contributed by atoms with van der Waals surface area (Å²) in [4.78, 5) is 0. The molecule has 0 spiro atoms. The highest BCUT2D eigenvalue weighted by atomic mass is 16.5. The highest BCUT2D eigenvalue weighted by Crippen LogP contribution is 2.13. The Bertz CT molecular complexity index is 409. The number of ether oxygens (including phenoxy) is 1. The molecule has 6 N–H and O–H groups in total. The summed E-state index contributed by atoms with van der Waals surface area (Å²) < 4.78 is 5.79. The van der Waals surface area contributed by atoms with Gasteiger partial charge in [-0.05, 0) is 24.8 Å². The number of benzene rings is 1. The van der Waals surface area contributed by atoms with E-state index in [4.69, 9.17) is 21.6 Å². The van der Waals surface area contributed by atoms with Crippen LogP contribution >= 0.6 is 0 Å². The van der Waals surface area contributed by atoms with Crippen molar-refractivity contribution in [2.24, 2.45) is 11.5 Å². The third-order valence-electron chi connectivity index (χ3n) is 3.45. The predicted molar refractivity (Wildman–Crippen MR) is 75.9 cm³/mol. The second-order valence-corrected chi connectivity index (χ2v) is 4.94. The van der Waals surface area contributed by atoms with Gasteiger partial charge in [-0.2, -0.15) is 0 Å². The van der Waals surface area contributed by atoms with Crippen molar-refractivity contribution >= 4 is 5.84 Å². The number of nitrogens with one attached hydrogen (secondary N) is 2. The van der Waals surface area contributed by atoms with Crippen LogP contribution in [-0.2, 0) is 11.2 Å². The van der Waals surface area contributed by atoms with E-state index in [1.165, 1.54) is 5.56 Å². The molecular weight excluding hydrogens is 240 g/mol. The zero-order valence-electron chi connectivity index (χ0n) is 11.0. The van der Waals surface area contributed by atoms with Crippen molar-refractivity contribution in [3.63, 3.8) is 0 Å². The second-order valence-electron chi connectivity index (χ2n) is 4.94. The molecule has 2 rings (SSSR count). The zero-order valence-corrected chi connectivity index (χ0v) is 11.0. The molecule has 0 aliphatic carbocycles. The number of hydrogen-bond donors (Lipinski definition) is 4. The lowest BCUT2D eigenvalue weighted by molar-refractivity contribution is -0.00487. The fraction of sp³-hybridized carbons (Fsp3) is 0.500. The van der Waals surface area contributed by atoms with E-state index in [1.54, 1.807) is 0 Å². The quantitative estimate of drug-likeness (QED) is 0.461. The Hall–Kier alpha value is -1.43. The van der Waals surface area contributed by atoms with Crippen LogP contribution in [0, 0.1) is 5.41 Å². The van der Waals surface area contributed by atoms with E-state index in [9.17, 15) is 0 Å². The lowest BCUT2D eigenvalue weighted by Gasteiger charge is -2.34. The van der Waals surface area contributed by atoms with Gasteiger partial charge in [-0.3, -0.25) is 10.7 Å². The first-order valence-corrected chi connectivity index (χ1v) is 6.68. The van der Waals surface area contributed by atoms with Gasteiger partial charge in [0.15, 0.2) is 0 Å². The summed E-state index contributed by atoms with van der Waals surface area (Å²) in [6, 6.07) is 10.1. The van der Waals surface area contributed by atoms with Crippen LogP contribution in [-0.4, -0.2) is 30.8 Å². The molecule has 3 atom stereocenters. The van der Waals surface area contributed by atoms with Crippen LogP contribution in [0.4, 0.5) is 0 Å². The maximum atomic E-state index is 7.48. The maximum absolute atomic E-state index is 7.48. The molecule has 1 fully saturated rings. The largest absolute Gasteiger partial charge is 0.386 e. The maximum Gasteiger partial charge on any atom is 0.123 e. The van der Waals surface area contributed by atoms with Crippen molar-refractivity contribution in [1.29, 1.82) is 5.41 Å². The second kappa shape index (κ2) is 6.65. The van der Waals surface area contributed by atoms with E-state index < -0.39 is 0 Å². The van der Waals surface area contributed by atoms with Crippen LogP contribution in [0.3, 0.4) is 0 Å². The van der Waals surface area contributed by atoms with Crippen LogP contribution in [0.15, 0.2) is 30.3 Å². The fourth-order valence-electron chi connectivity index (χ4n) is 2.28. The lowest BCUT2D eigenvalue weighted by Crippen LogP contribution is -2.58. The number of rotatable bonds is 5. The van der Waals surface area contributed by atoms with Crippen molar-refractivity contribution in [3.05, 3.63) is 35.9 Å². The minimum absolute atomic E-state index is 0.0358. The van der Waals surface area contributed by atoms with E-state index in [0.717, 1.165) is 19.3 Å². The van der Waals surface area contributed by atoms with Crippen LogP contribution in [0.1, 0.15) is 18.4 Å². The van der Waals surface area contributed by atoms with Gasteiger partial charge in [-0.1, -0.05) is 30.3 Å². The van der Waals surface area contributed by atoms with E-state index in [-0.39, 0.29) is 24.1 Å². The van der Waals surface area contributed by atoms with Gasteiger partial charge < -0.3 is 16.2 Å². The molecule has 5 nitrogen and oxygen atoms in total. The Morgan fingerprint density at radius 3 is 2.74 bits per heavy atom. The molecule has 1 aromatic rings. The Balaban J connectivity index is 1.79. The molecule has 3 unspecified atom stereocenters. The van der Waals surface area contributed by atoms with Crippen molar-refractivity contribution in [2.75, 3.05) is 6.61 Å². The molecule has 1 aromatic carbocycles. The molecule has 1 heterocycles. The number of hydrogen-bond acceptors (Lipinski definition) is 4. The van der Waals surface area contributed by atoms with Crippen LogP contribution in [0.2, 0.25) is 0 Å². The summed E-state index contributed by atoms with van der Waals surface area (Å²) in [5.41, 5.74) is 12.8. The Morgan fingerprint density at radius 2 is 2.05 bits per heavy atom. The lowest BCUT2D eigenvalue weighted by atomic mass is 9.99.